The topological polar surface area (TPSA) is 38.9 Å². The molecule has 0 atom stereocenters. The van der Waals surface area contributed by atoms with Crippen molar-refractivity contribution in [1.29, 1.82) is 0 Å². The van der Waals surface area contributed by atoms with Gasteiger partial charge in [-0.2, -0.15) is 0 Å². The number of aromatic nitrogens is 1. The minimum atomic E-state index is 0.462. The van der Waals surface area contributed by atoms with Gasteiger partial charge >= 0.3 is 0 Å². The van der Waals surface area contributed by atoms with Gasteiger partial charge in [-0.1, -0.05) is 34.1 Å². The van der Waals surface area contributed by atoms with Gasteiger partial charge in [0.15, 0.2) is 0 Å². The Morgan fingerprint density at radius 1 is 1.20 bits per heavy atom. The summed E-state index contributed by atoms with van der Waals surface area (Å²) in [7, 11) is 0. The van der Waals surface area contributed by atoms with Crippen molar-refractivity contribution in [2.45, 2.75) is 78.7 Å². The fourth-order valence-electron chi connectivity index (χ4n) is 3.38. The van der Waals surface area contributed by atoms with Crippen LogP contribution in [0.3, 0.4) is 0 Å². The first-order valence-electron chi connectivity index (χ1n) is 8.14. The van der Waals surface area contributed by atoms with Crippen molar-refractivity contribution < 1.29 is 0 Å². The van der Waals surface area contributed by atoms with Gasteiger partial charge in [0.2, 0.25) is 0 Å². The van der Waals surface area contributed by atoms with Crippen LogP contribution in [0, 0.1) is 11.3 Å². The van der Waals surface area contributed by atoms with Crippen LogP contribution in [0.5, 0.6) is 0 Å². The van der Waals surface area contributed by atoms with Gasteiger partial charge in [-0.05, 0) is 43.4 Å². The van der Waals surface area contributed by atoms with Crippen LogP contribution >= 0.6 is 11.3 Å². The average molecular weight is 295 g/mol. The zero-order chi connectivity index (χ0) is 14.8. The summed E-state index contributed by atoms with van der Waals surface area (Å²) < 4.78 is 0. The first kappa shape index (κ1) is 16.0. The van der Waals surface area contributed by atoms with Gasteiger partial charge in [-0.3, -0.25) is 0 Å². The highest BCUT2D eigenvalue weighted by molar-refractivity contribution is 7.11. The number of hydrogen-bond acceptors (Lipinski definition) is 3. The molecule has 0 aliphatic heterocycles. The second kappa shape index (κ2) is 6.57. The van der Waals surface area contributed by atoms with Gasteiger partial charge in [0.25, 0.3) is 0 Å². The van der Waals surface area contributed by atoms with Crippen molar-refractivity contribution in [3.8, 4) is 0 Å². The highest BCUT2D eigenvalue weighted by Gasteiger charge is 2.31. The van der Waals surface area contributed by atoms with Gasteiger partial charge in [0.05, 0.1) is 10.7 Å². The first-order valence-corrected chi connectivity index (χ1v) is 8.95. The summed E-state index contributed by atoms with van der Waals surface area (Å²) in [6.45, 7) is 10.0. The number of nitrogens with two attached hydrogens (primary N) is 1. The third-order valence-corrected chi connectivity index (χ3v) is 6.05. The van der Waals surface area contributed by atoms with E-state index in [4.69, 9.17) is 10.7 Å². The largest absolute Gasteiger partial charge is 0.326 e. The van der Waals surface area contributed by atoms with E-state index in [-0.39, 0.29) is 0 Å². The summed E-state index contributed by atoms with van der Waals surface area (Å²) in [5.41, 5.74) is 7.61. The van der Waals surface area contributed by atoms with Crippen molar-refractivity contribution in [2.24, 2.45) is 17.1 Å². The molecule has 2 N–H and O–H groups in total. The number of rotatable bonds is 4. The molecular weight excluding hydrogens is 264 g/mol. The van der Waals surface area contributed by atoms with Crippen LogP contribution < -0.4 is 5.73 Å². The van der Waals surface area contributed by atoms with Crippen molar-refractivity contribution in [2.75, 3.05) is 0 Å². The summed E-state index contributed by atoms with van der Waals surface area (Å²) in [6, 6.07) is 0. The van der Waals surface area contributed by atoms with Crippen LogP contribution in [-0.4, -0.2) is 4.98 Å². The molecule has 1 aromatic heterocycles. The summed E-state index contributed by atoms with van der Waals surface area (Å²) in [5.74, 6) is 1.57. The Balaban J connectivity index is 2.03. The van der Waals surface area contributed by atoms with Gasteiger partial charge in [-0.15, -0.1) is 11.3 Å². The Labute approximate surface area is 128 Å². The summed E-state index contributed by atoms with van der Waals surface area (Å²) in [5, 5.41) is 1.36. The molecule has 0 spiro atoms. The SMILES string of the molecule is CCCc1nc(C2CCC(C(C)(C)C)CC2)sc1CN. The van der Waals surface area contributed by atoms with Crippen LogP contribution in [-0.2, 0) is 13.0 Å². The van der Waals surface area contributed by atoms with Crippen LogP contribution in [0.1, 0.15) is 81.3 Å². The molecular formula is C17H30N2S. The van der Waals surface area contributed by atoms with Crippen LogP contribution in [0.15, 0.2) is 0 Å². The van der Waals surface area contributed by atoms with E-state index in [2.05, 4.69) is 27.7 Å². The molecule has 1 aromatic rings. The Morgan fingerprint density at radius 3 is 2.35 bits per heavy atom. The average Bonchev–Trinajstić information content (AvgIpc) is 2.81. The monoisotopic (exact) mass is 294 g/mol. The molecule has 1 fully saturated rings. The van der Waals surface area contributed by atoms with Gasteiger partial charge in [0.1, 0.15) is 0 Å². The molecule has 0 bridgehead atoms. The van der Waals surface area contributed by atoms with Crippen molar-refractivity contribution in [3.05, 3.63) is 15.6 Å². The molecule has 0 unspecified atom stereocenters. The maximum absolute atomic E-state index is 5.87. The van der Waals surface area contributed by atoms with E-state index in [1.54, 1.807) is 0 Å². The molecule has 1 heterocycles. The van der Waals surface area contributed by atoms with E-state index in [1.165, 1.54) is 41.3 Å². The maximum atomic E-state index is 5.87. The van der Waals surface area contributed by atoms with E-state index >= 15 is 0 Å². The number of aryl methyl sites for hydroxylation is 1. The minimum absolute atomic E-state index is 0.462. The molecule has 2 nitrogen and oxygen atoms in total. The zero-order valence-corrected chi connectivity index (χ0v) is 14.4. The lowest BCUT2D eigenvalue weighted by Crippen LogP contribution is -2.25. The summed E-state index contributed by atoms with van der Waals surface area (Å²) in [4.78, 5) is 6.24. The predicted octanol–water partition coefficient (Wildman–Crippen LogP) is 4.87. The van der Waals surface area contributed by atoms with Crippen molar-refractivity contribution in [1.82, 2.24) is 4.98 Å². The molecule has 20 heavy (non-hydrogen) atoms. The normalized spacial score (nSPS) is 24.1. The van der Waals surface area contributed by atoms with Crippen LogP contribution in [0.25, 0.3) is 0 Å². The minimum Gasteiger partial charge on any atom is -0.326 e. The van der Waals surface area contributed by atoms with Gasteiger partial charge in [0, 0.05) is 17.3 Å². The third-order valence-electron chi connectivity index (χ3n) is 4.77. The van der Waals surface area contributed by atoms with Gasteiger partial charge < -0.3 is 5.73 Å². The number of thiazole rings is 1. The lowest BCUT2D eigenvalue weighted by atomic mass is 9.70. The highest BCUT2D eigenvalue weighted by Crippen LogP contribution is 2.44. The van der Waals surface area contributed by atoms with Crippen molar-refractivity contribution in [3.63, 3.8) is 0 Å². The molecule has 2 rings (SSSR count). The first-order chi connectivity index (χ1) is 9.45. The molecule has 1 saturated carbocycles. The molecule has 0 aromatic carbocycles. The Kier molecular flexibility index (Phi) is 5.25. The third kappa shape index (κ3) is 3.62. The molecule has 1 aliphatic carbocycles. The van der Waals surface area contributed by atoms with Gasteiger partial charge in [-0.25, -0.2) is 4.98 Å². The summed E-state index contributed by atoms with van der Waals surface area (Å²) in [6.07, 6.45) is 7.58. The number of nitrogens with zero attached hydrogens (tertiary/aromatic N) is 1. The van der Waals surface area contributed by atoms with Crippen LogP contribution in [0.4, 0.5) is 0 Å². The molecule has 1 aliphatic rings. The molecule has 0 radical (unpaired) electrons. The van der Waals surface area contributed by atoms with E-state index < -0.39 is 0 Å². The fraction of sp³-hybridized carbons (Fsp3) is 0.824. The maximum Gasteiger partial charge on any atom is 0.0962 e. The van der Waals surface area contributed by atoms with E-state index in [1.807, 2.05) is 11.3 Å². The standard InChI is InChI=1S/C17H30N2S/c1-5-6-14-15(11-18)20-16(19-14)12-7-9-13(10-8-12)17(2,3)4/h12-13H,5-11,18H2,1-4H3. The highest BCUT2D eigenvalue weighted by atomic mass is 32.1. The smallest absolute Gasteiger partial charge is 0.0962 e. The van der Waals surface area contributed by atoms with Crippen molar-refractivity contribution >= 4 is 11.3 Å². The zero-order valence-electron chi connectivity index (χ0n) is 13.5. The Morgan fingerprint density at radius 2 is 1.85 bits per heavy atom. The molecule has 114 valence electrons. The molecule has 3 heteroatoms. The fourth-order valence-corrected chi connectivity index (χ4v) is 4.54. The molecule has 0 amide bonds. The second-order valence-electron chi connectivity index (χ2n) is 7.29. The quantitative estimate of drug-likeness (QED) is 0.860. The van der Waals surface area contributed by atoms with Crippen LogP contribution in [0.2, 0.25) is 0 Å². The van der Waals surface area contributed by atoms with E-state index in [9.17, 15) is 0 Å². The lowest BCUT2D eigenvalue weighted by Gasteiger charge is -2.36. The second-order valence-corrected chi connectivity index (χ2v) is 8.41. The van der Waals surface area contributed by atoms with E-state index in [0.717, 1.165) is 18.8 Å². The lowest BCUT2D eigenvalue weighted by molar-refractivity contribution is 0.169. The Hall–Kier alpha value is -0.410. The van der Waals surface area contributed by atoms with E-state index in [0.29, 0.717) is 17.9 Å². The Bertz CT molecular complexity index is 423. The molecule has 0 saturated heterocycles. The summed E-state index contributed by atoms with van der Waals surface area (Å²) >= 11 is 1.88. The number of hydrogen-bond donors (Lipinski definition) is 1. The predicted molar refractivity (Wildman–Crippen MR) is 88.2 cm³/mol.